The van der Waals surface area contributed by atoms with Crippen LogP contribution in [0.5, 0.6) is 0 Å². The third-order valence-electron chi connectivity index (χ3n) is 6.18. The lowest BCUT2D eigenvalue weighted by molar-refractivity contribution is 0.122. The van der Waals surface area contributed by atoms with Crippen LogP contribution < -0.4 is 20.0 Å². The first-order valence-corrected chi connectivity index (χ1v) is 11.7. The van der Waals surface area contributed by atoms with Gasteiger partial charge in [0.15, 0.2) is 0 Å². The van der Waals surface area contributed by atoms with Crippen molar-refractivity contribution < 1.29 is 9.47 Å². The Morgan fingerprint density at radius 3 is 2.09 bits per heavy atom. The highest BCUT2D eigenvalue weighted by atomic mass is 16.5. The van der Waals surface area contributed by atoms with Gasteiger partial charge in [-0.3, -0.25) is 4.98 Å². The number of rotatable bonds is 6. The molecule has 0 atom stereocenters. The number of benzene rings is 1. The maximum absolute atomic E-state index is 5.56. The Bertz CT molecular complexity index is 1060. The number of ether oxygens (including phenoxy) is 2. The second-order valence-corrected chi connectivity index (χ2v) is 8.52. The zero-order valence-electron chi connectivity index (χ0n) is 19.8. The fourth-order valence-electron chi connectivity index (χ4n) is 4.19. The first-order chi connectivity index (χ1) is 16.7. The molecule has 0 amide bonds. The van der Waals surface area contributed by atoms with Crippen molar-refractivity contribution in [3.8, 4) is 0 Å². The molecule has 0 spiro atoms. The maximum Gasteiger partial charge on any atom is 0.229 e. The maximum atomic E-state index is 5.56. The van der Waals surface area contributed by atoms with E-state index < -0.39 is 0 Å². The monoisotopic (exact) mass is 461 g/mol. The van der Waals surface area contributed by atoms with Crippen molar-refractivity contribution in [1.82, 2.24) is 15.0 Å². The molecule has 1 N–H and O–H groups in total. The van der Waals surface area contributed by atoms with Crippen molar-refractivity contribution in [3.05, 3.63) is 54.5 Å². The highest BCUT2D eigenvalue weighted by Crippen LogP contribution is 2.31. The number of anilines is 6. The molecule has 2 saturated heterocycles. The Kier molecular flexibility index (Phi) is 6.73. The fraction of sp³-hybridized carbons (Fsp3) is 0.400. The van der Waals surface area contributed by atoms with E-state index >= 15 is 0 Å². The first kappa shape index (κ1) is 22.4. The van der Waals surface area contributed by atoms with Crippen LogP contribution in [0, 0.1) is 6.92 Å². The Hall–Kier alpha value is -3.43. The predicted octanol–water partition coefficient (Wildman–Crippen LogP) is 3.36. The molecule has 3 aromatic rings. The highest BCUT2D eigenvalue weighted by Gasteiger charge is 2.17. The van der Waals surface area contributed by atoms with E-state index in [2.05, 4.69) is 43.3 Å². The summed E-state index contributed by atoms with van der Waals surface area (Å²) in [6, 6.07) is 12.5. The highest BCUT2D eigenvalue weighted by molar-refractivity contribution is 5.72. The molecule has 0 aliphatic carbocycles. The van der Waals surface area contributed by atoms with Gasteiger partial charge in [0.05, 0.1) is 38.3 Å². The number of nitrogens with one attached hydrogen (secondary N) is 1. The van der Waals surface area contributed by atoms with Gasteiger partial charge >= 0.3 is 0 Å². The van der Waals surface area contributed by atoms with Crippen molar-refractivity contribution in [2.24, 2.45) is 0 Å². The van der Waals surface area contributed by atoms with Crippen molar-refractivity contribution in [1.29, 1.82) is 0 Å². The minimum Gasteiger partial charge on any atom is -0.378 e. The minimum atomic E-state index is 0.552. The van der Waals surface area contributed by atoms with Gasteiger partial charge in [0, 0.05) is 62.2 Å². The van der Waals surface area contributed by atoms with Crippen molar-refractivity contribution >= 4 is 34.5 Å². The van der Waals surface area contributed by atoms with Crippen molar-refractivity contribution in [2.45, 2.75) is 6.92 Å². The lowest BCUT2D eigenvalue weighted by Gasteiger charge is -2.33. The summed E-state index contributed by atoms with van der Waals surface area (Å²) in [5.74, 6) is 1.34. The molecule has 178 valence electrons. The number of morpholine rings is 2. The molecule has 2 aromatic heterocycles. The van der Waals surface area contributed by atoms with Crippen molar-refractivity contribution in [2.75, 3.05) is 79.7 Å². The molecule has 5 rings (SSSR count). The first-order valence-electron chi connectivity index (χ1n) is 11.7. The number of nitrogens with zero attached hydrogens (tertiary/aromatic N) is 6. The minimum absolute atomic E-state index is 0.552. The second-order valence-electron chi connectivity index (χ2n) is 8.52. The standard InChI is InChI=1S/C25H31N7O2/c1-19-3-4-21(18-27-19)30(2)24-5-6-26-25(29-24)28-20-15-22(31-7-11-33-12-8-31)17-23(16-20)32-9-13-34-14-10-32/h3-6,15-18H,7-14H2,1-2H3,(H,26,28,29). The van der Waals surface area contributed by atoms with Crippen LogP contribution in [0.4, 0.5) is 34.5 Å². The van der Waals surface area contributed by atoms with Gasteiger partial charge in [-0.15, -0.1) is 0 Å². The summed E-state index contributed by atoms with van der Waals surface area (Å²) in [5.41, 5.74) is 5.27. The quantitative estimate of drug-likeness (QED) is 0.594. The molecular formula is C25H31N7O2. The van der Waals surface area contributed by atoms with Gasteiger partial charge in [-0.05, 0) is 43.3 Å². The number of aromatic nitrogens is 3. The molecule has 9 heteroatoms. The molecule has 0 saturated carbocycles. The molecule has 0 radical (unpaired) electrons. The average molecular weight is 462 g/mol. The molecule has 9 nitrogen and oxygen atoms in total. The van der Waals surface area contributed by atoms with Crippen LogP contribution in [-0.2, 0) is 9.47 Å². The SMILES string of the molecule is Cc1ccc(N(C)c2ccnc(Nc3cc(N4CCOCC4)cc(N4CCOCC4)c3)n2)cn1. The molecule has 2 aliphatic rings. The summed E-state index contributed by atoms with van der Waals surface area (Å²) in [5, 5.41) is 3.44. The Labute approximate surface area is 200 Å². The van der Waals surface area contributed by atoms with Crippen LogP contribution >= 0.6 is 0 Å². The normalized spacial score (nSPS) is 16.4. The molecular weight excluding hydrogens is 430 g/mol. The Morgan fingerprint density at radius 2 is 1.50 bits per heavy atom. The van der Waals surface area contributed by atoms with E-state index in [9.17, 15) is 0 Å². The molecule has 1 aromatic carbocycles. The molecule has 0 bridgehead atoms. The lowest BCUT2D eigenvalue weighted by atomic mass is 10.2. The smallest absolute Gasteiger partial charge is 0.229 e. The molecule has 34 heavy (non-hydrogen) atoms. The van der Waals surface area contributed by atoms with Crippen LogP contribution in [0.25, 0.3) is 0 Å². The van der Waals surface area contributed by atoms with Crippen LogP contribution in [0.3, 0.4) is 0 Å². The van der Waals surface area contributed by atoms with E-state index in [1.165, 1.54) is 11.4 Å². The van der Waals surface area contributed by atoms with E-state index in [1.807, 2.05) is 43.3 Å². The topological polar surface area (TPSA) is 78.9 Å². The van der Waals surface area contributed by atoms with Gasteiger partial charge in [0.25, 0.3) is 0 Å². The molecule has 4 heterocycles. The Balaban J connectivity index is 1.41. The number of aryl methyl sites for hydroxylation is 1. The van der Waals surface area contributed by atoms with E-state index in [1.54, 1.807) is 6.20 Å². The number of hydrogen-bond acceptors (Lipinski definition) is 9. The molecule has 0 unspecified atom stereocenters. The third-order valence-corrected chi connectivity index (χ3v) is 6.18. The zero-order chi connectivity index (χ0) is 23.3. The molecule has 2 fully saturated rings. The van der Waals surface area contributed by atoms with E-state index in [-0.39, 0.29) is 0 Å². The third kappa shape index (κ3) is 5.21. The zero-order valence-corrected chi connectivity index (χ0v) is 19.8. The fourth-order valence-corrected chi connectivity index (χ4v) is 4.19. The van der Waals surface area contributed by atoms with Gasteiger partial charge in [0.2, 0.25) is 5.95 Å². The van der Waals surface area contributed by atoms with Gasteiger partial charge in [-0.2, -0.15) is 4.98 Å². The van der Waals surface area contributed by atoms with Gasteiger partial charge in [0.1, 0.15) is 5.82 Å². The number of hydrogen-bond donors (Lipinski definition) is 1. The summed E-state index contributed by atoms with van der Waals surface area (Å²) in [6.07, 6.45) is 3.63. The summed E-state index contributed by atoms with van der Waals surface area (Å²) in [4.78, 5) is 20.4. The summed E-state index contributed by atoms with van der Waals surface area (Å²) >= 11 is 0. The van der Waals surface area contributed by atoms with Crippen LogP contribution in [0.1, 0.15) is 5.69 Å². The Morgan fingerprint density at radius 1 is 0.853 bits per heavy atom. The summed E-state index contributed by atoms with van der Waals surface area (Å²) < 4.78 is 11.1. The van der Waals surface area contributed by atoms with Crippen LogP contribution in [0.2, 0.25) is 0 Å². The van der Waals surface area contributed by atoms with E-state index in [0.29, 0.717) is 5.95 Å². The summed E-state index contributed by atoms with van der Waals surface area (Å²) in [6.45, 7) is 8.49. The van der Waals surface area contributed by atoms with Gasteiger partial charge in [-0.25, -0.2) is 4.98 Å². The summed E-state index contributed by atoms with van der Waals surface area (Å²) in [7, 11) is 1.98. The van der Waals surface area contributed by atoms with Crippen molar-refractivity contribution in [3.63, 3.8) is 0 Å². The van der Waals surface area contributed by atoms with Crippen LogP contribution in [0.15, 0.2) is 48.8 Å². The van der Waals surface area contributed by atoms with Gasteiger partial charge in [-0.1, -0.05) is 0 Å². The predicted molar refractivity (Wildman–Crippen MR) is 135 cm³/mol. The lowest BCUT2D eigenvalue weighted by Crippen LogP contribution is -2.38. The number of pyridine rings is 1. The largest absolute Gasteiger partial charge is 0.378 e. The second kappa shape index (κ2) is 10.2. The van der Waals surface area contributed by atoms with E-state index in [0.717, 1.165) is 75.5 Å². The van der Waals surface area contributed by atoms with Gasteiger partial charge < -0.3 is 29.5 Å². The average Bonchev–Trinajstić information content (AvgIpc) is 2.90. The molecule has 2 aliphatic heterocycles. The van der Waals surface area contributed by atoms with Crippen LogP contribution in [-0.4, -0.2) is 74.6 Å². The van der Waals surface area contributed by atoms with E-state index in [4.69, 9.17) is 14.5 Å².